The van der Waals surface area contributed by atoms with Gasteiger partial charge in [0.15, 0.2) is 5.78 Å². The molecule has 19 nitrogen and oxygen atoms in total. The van der Waals surface area contributed by atoms with Crippen LogP contribution in [0, 0.1) is 5.92 Å². The highest BCUT2D eigenvalue weighted by Gasteiger charge is 2.14. The second-order valence-electron chi connectivity index (χ2n) is 20.2. The molecular formula is C59H92Cl3N7O12S. The summed E-state index contributed by atoms with van der Waals surface area (Å²) in [5.41, 5.74) is 17.4. The number of halogens is 3. The third-order valence-electron chi connectivity index (χ3n) is 11.0. The van der Waals surface area contributed by atoms with Crippen molar-refractivity contribution in [3.63, 3.8) is 0 Å². The monoisotopic (exact) mass is 1230 g/mol. The number of nitrogens with two attached hydrogens (primary N) is 2. The lowest BCUT2D eigenvalue weighted by molar-refractivity contribution is -0.0350. The first-order valence-corrected chi connectivity index (χ1v) is 29.9. The van der Waals surface area contributed by atoms with Crippen molar-refractivity contribution in [2.75, 3.05) is 142 Å². The minimum absolute atomic E-state index is 0.0673. The number of amides is 1. The number of ketones is 1. The topological polar surface area (TPSA) is 238 Å². The van der Waals surface area contributed by atoms with E-state index in [2.05, 4.69) is 26.7 Å². The van der Waals surface area contributed by atoms with E-state index in [0.717, 1.165) is 28.3 Å². The second kappa shape index (κ2) is 44.6. The van der Waals surface area contributed by atoms with Gasteiger partial charge in [-0.15, -0.1) is 0 Å². The predicted molar refractivity (Wildman–Crippen MR) is 337 cm³/mol. The fourth-order valence-corrected chi connectivity index (χ4v) is 6.71. The Bertz CT molecular complexity index is 2310. The van der Waals surface area contributed by atoms with E-state index in [0.29, 0.717) is 89.2 Å². The number of nitrogens with one attached hydrogen (secondary N) is 1. The molecule has 6 unspecified atom stereocenters. The number of benzene rings is 4. The predicted octanol–water partition coefficient (Wildman–Crippen LogP) is 9.03. The number of anilines is 4. The zero-order valence-electron chi connectivity index (χ0n) is 50.4. The highest BCUT2D eigenvalue weighted by Crippen LogP contribution is 2.17. The fraction of sp³-hybridized carbons (Fsp3) is 0.525. The van der Waals surface area contributed by atoms with Gasteiger partial charge in [-0.25, -0.2) is 9.00 Å². The van der Waals surface area contributed by atoms with Crippen molar-refractivity contribution >= 4 is 87.8 Å². The SMILES string of the molecule is CC(COCCOC(C)COCC(C)NC(=O)c1ccc(N(C)C)cc1)CC(=O)c1ccc(N(C)C)cc1.CC(N)COCCOC(C)COCC(C)N.CN(C)c1ccc(C(=O)Cl)cc1.CN(C)c1ccc(C(=O)O)cc1.O=S(Cl)Cl. The summed E-state index contributed by atoms with van der Waals surface area (Å²) in [6.07, 6.45) is 0.421. The number of hydrogen-bond acceptors (Lipinski definition) is 17. The number of aromatic carboxylic acids is 1. The lowest BCUT2D eigenvalue weighted by Gasteiger charge is -2.18. The molecule has 1 amide bonds. The van der Waals surface area contributed by atoms with Crippen LogP contribution in [0.1, 0.15) is 89.4 Å². The zero-order valence-corrected chi connectivity index (χ0v) is 53.5. The highest BCUT2D eigenvalue weighted by molar-refractivity contribution is 8.26. The second-order valence-corrected chi connectivity index (χ2v) is 23.0. The largest absolute Gasteiger partial charge is 0.478 e. The Labute approximate surface area is 504 Å². The number of carboxylic acid groups (broad SMARTS) is 1. The summed E-state index contributed by atoms with van der Waals surface area (Å²) in [5.74, 6) is -0.758. The summed E-state index contributed by atoms with van der Waals surface area (Å²) in [4.78, 5) is 53.9. The smallest absolute Gasteiger partial charge is 0.335 e. The number of carboxylic acids is 1. The van der Waals surface area contributed by atoms with Gasteiger partial charge in [0.05, 0.1) is 77.2 Å². The van der Waals surface area contributed by atoms with E-state index >= 15 is 0 Å². The normalized spacial score (nSPS) is 12.8. The average Bonchev–Trinajstić information content (AvgIpc) is 3.41. The van der Waals surface area contributed by atoms with Crippen molar-refractivity contribution in [3.8, 4) is 0 Å². The molecule has 0 saturated carbocycles. The van der Waals surface area contributed by atoms with Crippen molar-refractivity contribution < 1.29 is 56.9 Å². The van der Waals surface area contributed by atoms with E-state index in [1.165, 1.54) is 0 Å². The molecule has 0 saturated heterocycles. The maximum atomic E-state index is 12.5. The van der Waals surface area contributed by atoms with Crippen LogP contribution in [0.2, 0.25) is 0 Å². The quantitative estimate of drug-likeness (QED) is 0.0209. The van der Waals surface area contributed by atoms with Gasteiger partial charge in [0.2, 0.25) is 9.23 Å². The molecule has 4 aromatic rings. The summed E-state index contributed by atoms with van der Waals surface area (Å²) >= 11 is 5.28. The van der Waals surface area contributed by atoms with Crippen LogP contribution in [0.3, 0.4) is 0 Å². The molecular weight excluding hydrogens is 1140 g/mol. The Kier molecular flexibility index (Phi) is 41.9. The van der Waals surface area contributed by atoms with E-state index in [9.17, 15) is 19.2 Å². The molecule has 0 aromatic heterocycles. The maximum Gasteiger partial charge on any atom is 0.335 e. The van der Waals surface area contributed by atoms with E-state index < -0.39 is 20.4 Å². The number of Topliss-reactive ketones (excluding diaryl/α,β-unsaturated/α-hetero) is 1. The van der Waals surface area contributed by atoms with Gasteiger partial charge in [-0.05, 0) is 149 Å². The molecule has 82 heavy (non-hydrogen) atoms. The summed E-state index contributed by atoms with van der Waals surface area (Å²) in [5, 5.41) is 11.1. The van der Waals surface area contributed by atoms with Gasteiger partial charge >= 0.3 is 5.97 Å². The first kappa shape index (κ1) is 77.1. The third-order valence-corrected chi connectivity index (χ3v) is 11.2. The Morgan fingerprint density at radius 2 is 0.829 bits per heavy atom. The summed E-state index contributed by atoms with van der Waals surface area (Å²) in [6.45, 7) is 16.7. The van der Waals surface area contributed by atoms with Crippen LogP contribution in [0.25, 0.3) is 0 Å². The van der Waals surface area contributed by atoms with Crippen molar-refractivity contribution in [2.24, 2.45) is 17.4 Å². The molecule has 0 fully saturated rings. The molecule has 462 valence electrons. The van der Waals surface area contributed by atoms with Gasteiger partial charge in [-0.3, -0.25) is 14.4 Å². The van der Waals surface area contributed by atoms with Crippen LogP contribution in [0.15, 0.2) is 97.1 Å². The molecule has 0 bridgehead atoms. The van der Waals surface area contributed by atoms with Gasteiger partial charge in [0.25, 0.3) is 11.1 Å². The molecule has 0 aliphatic rings. The first-order chi connectivity index (χ1) is 38.5. The molecule has 6 N–H and O–H groups in total. The van der Waals surface area contributed by atoms with Crippen LogP contribution in [0.4, 0.5) is 22.7 Å². The third kappa shape index (κ3) is 38.8. The van der Waals surface area contributed by atoms with E-state index in [4.69, 9.17) is 60.8 Å². The number of carbonyl (C=O) groups is 4. The number of carbonyl (C=O) groups excluding carboxylic acids is 3. The fourth-order valence-electron chi connectivity index (χ4n) is 6.59. The molecule has 23 heteroatoms. The van der Waals surface area contributed by atoms with Gasteiger partial charge in [0, 0.05) is 148 Å². The average molecular weight is 1230 g/mol. The Hall–Kier alpha value is -4.94. The van der Waals surface area contributed by atoms with E-state index in [1.807, 2.05) is 178 Å². The molecule has 0 aliphatic carbocycles. The lowest BCUT2D eigenvalue weighted by atomic mass is 10.00. The van der Waals surface area contributed by atoms with Gasteiger partial charge in [0.1, 0.15) is 0 Å². The standard InChI is InChI=1S/C30H45N3O5.C11H26N2O3.C9H10ClNO.C9H11NO2.Cl2OS/c1-22(18-29(34)25-8-12-27(13-9-25)32(4)5)19-36-16-17-38-24(3)21-37-20-23(2)31-30(35)26-10-14-28(15-11-26)33(6)7;1-9(12)6-14-4-5-16-11(3)8-15-7-10(2)13;1-11(2)8-5-3-7(4-6-8)9(10)12;1-10(2)8-5-3-7(4-6-8)9(11)12;1-4(2)3/h8-15,22-24H,16-21H2,1-7H3,(H,31,35);9-11H,4-8,12-13H2,1-3H3;3-6H,1-2H3;3-6H,1-2H3,(H,11,12);. The van der Waals surface area contributed by atoms with Crippen molar-refractivity contribution in [3.05, 3.63) is 119 Å². The molecule has 0 heterocycles. The minimum atomic E-state index is -1.67. The Morgan fingerprint density at radius 3 is 1.18 bits per heavy atom. The minimum Gasteiger partial charge on any atom is -0.478 e. The van der Waals surface area contributed by atoms with Crippen LogP contribution in [-0.4, -0.2) is 185 Å². The van der Waals surface area contributed by atoms with Crippen LogP contribution in [-0.2, 0) is 37.6 Å². The molecule has 0 radical (unpaired) electrons. The molecule has 4 aromatic carbocycles. The van der Waals surface area contributed by atoms with Gasteiger partial charge in [-0.1, -0.05) is 6.92 Å². The summed E-state index contributed by atoms with van der Waals surface area (Å²) in [7, 11) is 22.9. The van der Waals surface area contributed by atoms with Gasteiger partial charge in [-0.2, -0.15) is 0 Å². The van der Waals surface area contributed by atoms with Crippen molar-refractivity contribution in [1.29, 1.82) is 0 Å². The molecule has 4 rings (SSSR count). The van der Waals surface area contributed by atoms with Crippen molar-refractivity contribution in [2.45, 2.75) is 78.3 Å². The molecule has 6 atom stereocenters. The Balaban J connectivity index is 0.00000121. The zero-order chi connectivity index (χ0) is 62.3. The molecule has 0 aliphatic heterocycles. The van der Waals surface area contributed by atoms with E-state index in [1.54, 1.807) is 36.4 Å². The highest BCUT2D eigenvalue weighted by atomic mass is 36.0. The number of nitrogens with zero attached hydrogens (tertiary/aromatic N) is 4. The first-order valence-electron chi connectivity index (χ1n) is 26.7. The molecule has 0 spiro atoms. The van der Waals surface area contributed by atoms with E-state index in [-0.39, 0.29) is 47.9 Å². The van der Waals surface area contributed by atoms with Crippen molar-refractivity contribution in [1.82, 2.24) is 5.32 Å². The van der Waals surface area contributed by atoms with Crippen LogP contribution < -0.4 is 36.4 Å². The number of ether oxygens (including phenoxy) is 6. The Morgan fingerprint density at radius 1 is 0.500 bits per heavy atom. The number of rotatable bonds is 31. The van der Waals surface area contributed by atoms with Gasteiger partial charge < -0.3 is 69.9 Å². The van der Waals surface area contributed by atoms with Crippen LogP contribution >= 0.6 is 33.0 Å². The summed E-state index contributed by atoms with van der Waals surface area (Å²) in [6, 6.07) is 29.1. The van der Waals surface area contributed by atoms with Crippen LogP contribution in [0.5, 0.6) is 0 Å². The lowest BCUT2D eigenvalue weighted by Crippen LogP contribution is -2.36. The number of hydrogen-bond donors (Lipinski definition) is 4. The summed E-state index contributed by atoms with van der Waals surface area (Å²) < 4.78 is 42.4. The maximum absolute atomic E-state index is 12.5.